The van der Waals surface area contributed by atoms with Crippen LogP contribution in [0.25, 0.3) is 0 Å². The number of ketones is 1. The van der Waals surface area contributed by atoms with Crippen LogP contribution in [0.15, 0.2) is 58.1 Å². The van der Waals surface area contributed by atoms with Crippen molar-refractivity contribution in [2.24, 2.45) is 7.05 Å². The van der Waals surface area contributed by atoms with Gasteiger partial charge in [-0.1, -0.05) is 30.3 Å². The maximum Gasteiger partial charge on any atom is 0.340 e. The lowest BCUT2D eigenvalue weighted by Gasteiger charge is -2.15. The number of nitro benzene ring substituents is 1. The number of non-ortho nitro benzene ring substituents is 1. The number of aromatic nitrogens is 2. The van der Waals surface area contributed by atoms with Gasteiger partial charge in [-0.3, -0.25) is 28.8 Å². The van der Waals surface area contributed by atoms with Crippen LogP contribution in [0.4, 0.5) is 17.2 Å². The highest BCUT2D eigenvalue weighted by atomic mass is 16.6. The number of anilines is 2. The molecule has 0 aliphatic carbocycles. The number of nitrogens with one attached hydrogen (secondary N) is 1. The summed E-state index contributed by atoms with van der Waals surface area (Å²) in [6.07, 6.45) is 0. The van der Waals surface area contributed by atoms with Gasteiger partial charge in [-0.15, -0.1) is 0 Å². The third-order valence-corrected chi connectivity index (χ3v) is 5.08. The number of nitro groups is 1. The first-order chi connectivity index (χ1) is 16.1. The number of carbonyl (C=O) groups excluding carboxylic acids is 2. The van der Waals surface area contributed by atoms with Crippen molar-refractivity contribution in [2.75, 3.05) is 24.7 Å². The number of nitrogens with zero attached hydrogens (tertiary/aromatic N) is 3. The number of rotatable bonds is 8. The quantitative estimate of drug-likeness (QED) is 0.214. The molecule has 176 valence electrons. The molecule has 12 heteroatoms. The van der Waals surface area contributed by atoms with E-state index >= 15 is 0 Å². The molecule has 0 radical (unpaired) electrons. The lowest BCUT2D eigenvalue weighted by atomic mass is 10.1. The second kappa shape index (κ2) is 9.81. The zero-order valence-electron chi connectivity index (χ0n) is 18.3. The average Bonchev–Trinajstić information content (AvgIpc) is 2.84. The van der Waals surface area contributed by atoms with Gasteiger partial charge in [0.05, 0.1) is 17.0 Å². The molecular weight excluding hydrogens is 446 g/mol. The SMILES string of the molecule is CNc1ccc([N+](=O)[O-])cc1C(=O)OCC(=O)c1c(N)n(Cc2ccccc2)c(=O)n(C)c1=O. The molecule has 0 atom stereocenters. The number of carbonyl (C=O) groups is 2. The van der Waals surface area contributed by atoms with Crippen molar-refractivity contribution in [3.8, 4) is 0 Å². The zero-order chi connectivity index (χ0) is 25.0. The van der Waals surface area contributed by atoms with Gasteiger partial charge in [0.25, 0.3) is 11.2 Å². The monoisotopic (exact) mass is 467 g/mol. The predicted octanol–water partition coefficient (Wildman–Crippen LogP) is 1.17. The first kappa shape index (κ1) is 23.9. The van der Waals surface area contributed by atoms with Crippen LogP contribution in [0.1, 0.15) is 26.3 Å². The Bertz CT molecular complexity index is 1390. The van der Waals surface area contributed by atoms with Gasteiger partial charge in [0.1, 0.15) is 11.4 Å². The van der Waals surface area contributed by atoms with E-state index in [1.165, 1.54) is 26.2 Å². The fraction of sp³-hybridized carbons (Fsp3) is 0.182. The van der Waals surface area contributed by atoms with E-state index in [1.54, 1.807) is 30.3 Å². The molecule has 0 unspecified atom stereocenters. The lowest BCUT2D eigenvalue weighted by Crippen LogP contribution is -2.43. The summed E-state index contributed by atoms with van der Waals surface area (Å²) < 4.78 is 6.84. The number of esters is 1. The van der Waals surface area contributed by atoms with E-state index in [4.69, 9.17) is 10.5 Å². The van der Waals surface area contributed by atoms with Crippen molar-refractivity contribution in [2.45, 2.75) is 6.54 Å². The molecule has 0 aliphatic heterocycles. The molecular formula is C22H21N5O7. The molecule has 0 fully saturated rings. The fourth-order valence-corrected chi connectivity index (χ4v) is 3.28. The third-order valence-electron chi connectivity index (χ3n) is 5.08. The molecule has 1 aromatic heterocycles. The van der Waals surface area contributed by atoms with Gasteiger partial charge in [-0.05, 0) is 11.6 Å². The molecule has 0 spiro atoms. The summed E-state index contributed by atoms with van der Waals surface area (Å²) in [6.45, 7) is -0.855. The highest BCUT2D eigenvalue weighted by Crippen LogP contribution is 2.22. The van der Waals surface area contributed by atoms with Crippen molar-refractivity contribution < 1.29 is 19.2 Å². The minimum Gasteiger partial charge on any atom is -0.454 e. The molecule has 3 N–H and O–H groups in total. The summed E-state index contributed by atoms with van der Waals surface area (Å²) in [4.78, 5) is 60.9. The van der Waals surface area contributed by atoms with Crippen molar-refractivity contribution in [1.82, 2.24) is 9.13 Å². The molecule has 0 aliphatic rings. The summed E-state index contributed by atoms with van der Waals surface area (Å²) in [7, 11) is 2.71. The summed E-state index contributed by atoms with van der Waals surface area (Å²) in [5.74, 6) is -2.30. The minimum absolute atomic E-state index is 0.0128. The number of ether oxygens (including phenoxy) is 1. The average molecular weight is 467 g/mol. The highest BCUT2D eigenvalue weighted by molar-refractivity contribution is 6.03. The van der Waals surface area contributed by atoms with Gasteiger partial charge in [-0.2, -0.15) is 0 Å². The van der Waals surface area contributed by atoms with Gasteiger partial charge >= 0.3 is 11.7 Å². The van der Waals surface area contributed by atoms with Crippen LogP contribution in [0.3, 0.4) is 0 Å². The summed E-state index contributed by atoms with van der Waals surface area (Å²) in [5.41, 5.74) is 4.32. The van der Waals surface area contributed by atoms with E-state index < -0.39 is 40.1 Å². The molecule has 0 saturated heterocycles. The van der Waals surface area contributed by atoms with E-state index in [9.17, 15) is 29.3 Å². The summed E-state index contributed by atoms with van der Waals surface area (Å²) in [6, 6.07) is 12.3. The first-order valence-corrected chi connectivity index (χ1v) is 9.95. The smallest absolute Gasteiger partial charge is 0.340 e. The Morgan fingerprint density at radius 3 is 2.44 bits per heavy atom. The van der Waals surface area contributed by atoms with Crippen LogP contribution >= 0.6 is 0 Å². The topological polar surface area (TPSA) is 169 Å². The van der Waals surface area contributed by atoms with Crippen LogP contribution in [0.5, 0.6) is 0 Å². The Balaban J connectivity index is 1.90. The van der Waals surface area contributed by atoms with Crippen LogP contribution in [0.2, 0.25) is 0 Å². The van der Waals surface area contributed by atoms with Gasteiger partial charge in [-0.25, -0.2) is 9.59 Å². The third kappa shape index (κ3) is 4.70. The van der Waals surface area contributed by atoms with E-state index in [1.807, 2.05) is 0 Å². The van der Waals surface area contributed by atoms with E-state index in [-0.39, 0.29) is 29.3 Å². The second-order valence-corrected chi connectivity index (χ2v) is 7.22. The summed E-state index contributed by atoms with van der Waals surface area (Å²) in [5, 5.41) is 13.7. The second-order valence-electron chi connectivity index (χ2n) is 7.22. The zero-order valence-corrected chi connectivity index (χ0v) is 18.3. The molecule has 3 rings (SSSR count). The lowest BCUT2D eigenvalue weighted by molar-refractivity contribution is -0.384. The molecule has 34 heavy (non-hydrogen) atoms. The largest absolute Gasteiger partial charge is 0.454 e. The molecule has 0 bridgehead atoms. The number of Topliss-reactive ketones (excluding diaryl/α,β-unsaturated/α-hetero) is 1. The van der Waals surface area contributed by atoms with Crippen molar-refractivity contribution in [1.29, 1.82) is 0 Å². The normalized spacial score (nSPS) is 10.5. The Morgan fingerprint density at radius 1 is 1.15 bits per heavy atom. The first-order valence-electron chi connectivity index (χ1n) is 9.95. The maximum atomic E-state index is 12.8. The molecule has 0 amide bonds. The molecule has 0 saturated carbocycles. The van der Waals surface area contributed by atoms with Crippen LogP contribution in [-0.2, 0) is 18.3 Å². The van der Waals surface area contributed by atoms with Crippen molar-refractivity contribution in [3.63, 3.8) is 0 Å². The number of nitrogens with two attached hydrogens (primary N) is 1. The van der Waals surface area contributed by atoms with Crippen molar-refractivity contribution >= 4 is 28.9 Å². The van der Waals surface area contributed by atoms with Crippen LogP contribution in [-0.4, -0.2) is 39.5 Å². The highest BCUT2D eigenvalue weighted by Gasteiger charge is 2.24. The number of hydrogen-bond acceptors (Lipinski definition) is 9. The molecule has 3 aromatic rings. The minimum atomic E-state index is -1.02. The Labute approximate surface area is 192 Å². The number of hydrogen-bond donors (Lipinski definition) is 2. The van der Waals surface area contributed by atoms with Crippen LogP contribution < -0.4 is 22.3 Å². The van der Waals surface area contributed by atoms with Gasteiger partial charge < -0.3 is 15.8 Å². The van der Waals surface area contributed by atoms with Gasteiger partial charge in [0.15, 0.2) is 6.61 Å². The molecule has 1 heterocycles. The predicted molar refractivity (Wildman–Crippen MR) is 123 cm³/mol. The van der Waals surface area contributed by atoms with E-state index in [2.05, 4.69) is 5.32 Å². The molecule has 12 nitrogen and oxygen atoms in total. The summed E-state index contributed by atoms with van der Waals surface area (Å²) >= 11 is 0. The number of nitrogen functional groups attached to an aromatic ring is 1. The van der Waals surface area contributed by atoms with Crippen LogP contribution in [0, 0.1) is 10.1 Å². The van der Waals surface area contributed by atoms with Gasteiger partial charge in [0.2, 0.25) is 5.78 Å². The van der Waals surface area contributed by atoms with Crippen molar-refractivity contribution in [3.05, 3.63) is 96.2 Å². The maximum absolute atomic E-state index is 12.8. The number of benzene rings is 2. The Morgan fingerprint density at radius 2 is 1.82 bits per heavy atom. The van der Waals surface area contributed by atoms with E-state index in [0.29, 0.717) is 5.56 Å². The Kier molecular flexibility index (Phi) is 6.90. The fourth-order valence-electron chi connectivity index (χ4n) is 3.28. The van der Waals surface area contributed by atoms with Gasteiger partial charge in [0, 0.05) is 31.9 Å². The van der Waals surface area contributed by atoms with E-state index in [0.717, 1.165) is 15.2 Å². The standard InChI is InChI=1S/C22H21N5O7/c1-24-16-9-8-14(27(32)33)10-15(16)21(30)34-12-17(28)18-19(23)26(22(31)25(2)20(18)29)11-13-6-4-3-5-7-13/h3-10,24H,11-12,23H2,1-2H3. The Hall–Kier alpha value is -4.74. The molecule has 2 aromatic carbocycles.